The van der Waals surface area contributed by atoms with Crippen molar-refractivity contribution in [3.63, 3.8) is 0 Å². The number of Topliss-reactive ketones (excluding diaryl/α,β-unsaturated/α-hetero) is 1. The largest absolute Gasteiger partial charge is 0.302 e. The van der Waals surface area contributed by atoms with Crippen molar-refractivity contribution in [3.05, 3.63) is 70.9 Å². The number of carbonyl (C=O) groups is 2. The van der Waals surface area contributed by atoms with E-state index < -0.39 is 30.2 Å². The van der Waals surface area contributed by atoms with E-state index in [0.717, 1.165) is 22.0 Å². The van der Waals surface area contributed by atoms with Gasteiger partial charge in [-0.3, -0.25) is 9.59 Å². The lowest BCUT2D eigenvalue weighted by Crippen LogP contribution is -2.75. The Bertz CT molecular complexity index is 1280. The van der Waals surface area contributed by atoms with Crippen LogP contribution in [-0.2, 0) is 19.6 Å². The Hall–Kier alpha value is -2.55. The summed E-state index contributed by atoms with van der Waals surface area (Å²) in [6.07, 6.45) is 0.314. The number of hydrogen-bond donors (Lipinski definition) is 0. The molecular formula is C25H28N2O4SSi. The fourth-order valence-corrected chi connectivity index (χ4v) is 9.36. The van der Waals surface area contributed by atoms with Crippen LogP contribution in [0.1, 0.15) is 12.0 Å². The number of fused-ring (bicyclic) bond motifs is 3. The Morgan fingerprint density at radius 2 is 1.55 bits per heavy atom. The first-order valence-electron chi connectivity index (χ1n) is 11.3. The molecule has 3 aliphatic rings. The molecule has 8 heteroatoms. The van der Waals surface area contributed by atoms with E-state index in [2.05, 4.69) is 19.6 Å². The van der Waals surface area contributed by atoms with Gasteiger partial charge in [0.05, 0.1) is 19.0 Å². The molecule has 2 saturated heterocycles. The minimum atomic E-state index is -3.89. The summed E-state index contributed by atoms with van der Waals surface area (Å²) in [5.41, 5.74) is 2.70. The van der Waals surface area contributed by atoms with Crippen LogP contribution in [0.3, 0.4) is 0 Å². The van der Waals surface area contributed by atoms with Crippen LogP contribution in [0.25, 0.3) is 0 Å². The maximum Gasteiger partial charge on any atom is 0.248 e. The van der Waals surface area contributed by atoms with Crippen molar-refractivity contribution >= 4 is 35.5 Å². The van der Waals surface area contributed by atoms with Gasteiger partial charge in [0.25, 0.3) is 0 Å². The molecule has 0 spiro atoms. The van der Waals surface area contributed by atoms with E-state index in [9.17, 15) is 18.0 Å². The Labute approximate surface area is 196 Å². The predicted octanol–water partition coefficient (Wildman–Crippen LogP) is 3.55. The van der Waals surface area contributed by atoms with E-state index >= 15 is 0 Å². The van der Waals surface area contributed by atoms with Gasteiger partial charge in [-0.05, 0) is 42.0 Å². The van der Waals surface area contributed by atoms with E-state index in [1.807, 2.05) is 37.3 Å². The van der Waals surface area contributed by atoms with Gasteiger partial charge in [-0.25, -0.2) is 8.42 Å². The summed E-state index contributed by atoms with van der Waals surface area (Å²) in [6, 6.07) is 14.8. The first-order valence-corrected chi connectivity index (χ1v) is 16.2. The van der Waals surface area contributed by atoms with Crippen LogP contribution < -0.4 is 4.90 Å². The van der Waals surface area contributed by atoms with Crippen LogP contribution in [0.2, 0.25) is 19.6 Å². The monoisotopic (exact) mass is 480 g/mol. The molecule has 2 aliphatic heterocycles. The Kier molecular flexibility index (Phi) is 5.04. The summed E-state index contributed by atoms with van der Waals surface area (Å²) in [5.74, 6) is -0.308. The first-order chi connectivity index (χ1) is 15.5. The number of para-hydroxylation sites is 1. The number of benzene rings is 2. The van der Waals surface area contributed by atoms with E-state index in [0.29, 0.717) is 6.42 Å². The summed E-state index contributed by atoms with van der Waals surface area (Å²) in [5, 5.41) is 0.892. The molecule has 2 heterocycles. The van der Waals surface area contributed by atoms with Gasteiger partial charge >= 0.3 is 0 Å². The molecule has 1 aliphatic carbocycles. The smallest absolute Gasteiger partial charge is 0.248 e. The average molecular weight is 481 g/mol. The maximum atomic E-state index is 13.7. The predicted molar refractivity (Wildman–Crippen MR) is 130 cm³/mol. The lowest BCUT2D eigenvalue weighted by atomic mass is 9.79. The zero-order chi connectivity index (χ0) is 23.7. The van der Waals surface area contributed by atoms with Crippen molar-refractivity contribution in [2.75, 3.05) is 11.4 Å². The van der Waals surface area contributed by atoms with Crippen LogP contribution in [0.4, 0.5) is 5.69 Å². The minimum Gasteiger partial charge on any atom is -0.302 e. The highest BCUT2D eigenvalue weighted by atomic mass is 32.2. The number of rotatable bonds is 4. The van der Waals surface area contributed by atoms with Crippen LogP contribution in [-0.4, -0.2) is 51.1 Å². The first kappa shape index (κ1) is 22.2. The number of sulfonamides is 1. The highest BCUT2D eigenvalue weighted by molar-refractivity contribution is 7.89. The highest BCUT2D eigenvalue weighted by Crippen LogP contribution is 2.50. The molecule has 6 nitrogen and oxygen atoms in total. The zero-order valence-electron chi connectivity index (χ0n) is 19.3. The van der Waals surface area contributed by atoms with Gasteiger partial charge in [0.15, 0.2) is 5.78 Å². The van der Waals surface area contributed by atoms with Gasteiger partial charge in [-0.15, -0.1) is 0 Å². The standard InChI is InChI=1S/C25H28N2O4SSi/c1-16-10-12-19(13-11-16)32(30,31)26-15-17-14-20(28)24(33(2,3)4)21(17)22-23(26)25(29)27(22)18-8-6-5-7-9-18/h5-13,17,22-23H,14-15H2,1-4H3/t17-,22+,23-/m0/s1. The van der Waals surface area contributed by atoms with Gasteiger partial charge in [-0.1, -0.05) is 55.5 Å². The number of carbonyl (C=O) groups excluding carboxylic acids is 2. The minimum absolute atomic E-state index is 0.120. The third-order valence-corrected chi connectivity index (χ3v) is 10.9. The number of anilines is 1. The molecule has 0 saturated carbocycles. The second kappa shape index (κ2) is 7.48. The number of β-lactam (4-membered cyclic amide) rings is 1. The number of nitrogens with zero attached hydrogens (tertiary/aromatic N) is 2. The molecular weight excluding hydrogens is 452 g/mol. The van der Waals surface area contributed by atoms with Gasteiger partial charge < -0.3 is 4.90 Å². The number of amides is 1. The fourth-order valence-electron chi connectivity index (χ4n) is 5.57. The molecule has 0 bridgehead atoms. The molecule has 0 N–H and O–H groups in total. The lowest BCUT2D eigenvalue weighted by molar-refractivity contribution is -0.130. The number of hydrogen-bond acceptors (Lipinski definition) is 4. The molecule has 1 amide bonds. The molecule has 0 unspecified atom stereocenters. The molecule has 172 valence electrons. The van der Waals surface area contributed by atoms with Crippen LogP contribution in [0.5, 0.6) is 0 Å². The van der Waals surface area contributed by atoms with Gasteiger partial charge in [0.1, 0.15) is 6.04 Å². The van der Waals surface area contributed by atoms with Crippen LogP contribution >= 0.6 is 0 Å². The molecule has 5 rings (SSSR count). The highest BCUT2D eigenvalue weighted by Gasteiger charge is 2.62. The topological polar surface area (TPSA) is 74.8 Å². The van der Waals surface area contributed by atoms with E-state index in [1.54, 1.807) is 29.2 Å². The number of aryl methyl sites for hydroxylation is 1. The second-order valence-electron chi connectivity index (χ2n) is 10.2. The fraction of sp³-hybridized carbons (Fsp3) is 0.360. The third kappa shape index (κ3) is 3.34. The molecule has 0 aromatic heterocycles. The SMILES string of the molecule is Cc1ccc(S(=O)(=O)N2C[C@@H]3CC(=O)C([Si](C)(C)C)=C3[C@@H]3[C@H]2C(=O)N3c2ccccc2)cc1. The Morgan fingerprint density at radius 1 is 0.909 bits per heavy atom. The molecule has 2 aromatic carbocycles. The Balaban J connectivity index is 1.66. The van der Waals surface area contributed by atoms with Crippen molar-refractivity contribution in [3.8, 4) is 0 Å². The molecule has 3 atom stereocenters. The van der Waals surface area contributed by atoms with E-state index in [4.69, 9.17) is 0 Å². The lowest BCUT2D eigenvalue weighted by Gasteiger charge is -2.56. The van der Waals surface area contributed by atoms with Crippen molar-refractivity contribution in [1.29, 1.82) is 0 Å². The van der Waals surface area contributed by atoms with Crippen molar-refractivity contribution in [2.45, 2.75) is 50.0 Å². The normalized spacial score (nSPS) is 25.7. The number of ketones is 1. The molecule has 0 radical (unpaired) electrons. The van der Waals surface area contributed by atoms with Crippen molar-refractivity contribution in [2.24, 2.45) is 5.92 Å². The molecule has 2 fully saturated rings. The zero-order valence-corrected chi connectivity index (χ0v) is 21.1. The molecule has 2 aromatic rings. The number of allylic oxidation sites excluding steroid dienone is 1. The average Bonchev–Trinajstić information content (AvgIpc) is 3.09. The van der Waals surface area contributed by atoms with E-state index in [1.165, 1.54) is 4.31 Å². The van der Waals surface area contributed by atoms with Crippen molar-refractivity contribution in [1.82, 2.24) is 4.31 Å². The summed E-state index contributed by atoms with van der Waals surface area (Å²) in [4.78, 5) is 28.5. The quantitative estimate of drug-likeness (QED) is 0.496. The maximum absolute atomic E-state index is 13.7. The van der Waals surface area contributed by atoms with Gasteiger partial charge in [0.2, 0.25) is 15.9 Å². The van der Waals surface area contributed by atoms with Gasteiger partial charge in [0, 0.05) is 24.6 Å². The molecule has 33 heavy (non-hydrogen) atoms. The van der Waals surface area contributed by atoms with Gasteiger partial charge in [-0.2, -0.15) is 4.31 Å². The number of piperidine rings is 1. The second-order valence-corrected chi connectivity index (χ2v) is 17.1. The van der Waals surface area contributed by atoms with E-state index in [-0.39, 0.29) is 29.0 Å². The summed E-state index contributed by atoms with van der Waals surface area (Å²) < 4.78 is 28.7. The third-order valence-electron chi connectivity index (χ3n) is 6.95. The summed E-state index contributed by atoms with van der Waals surface area (Å²) in [6.45, 7) is 8.51. The Morgan fingerprint density at radius 3 is 2.15 bits per heavy atom. The summed E-state index contributed by atoms with van der Waals surface area (Å²) in [7, 11) is -5.89. The van der Waals surface area contributed by atoms with Crippen LogP contribution in [0.15, 0.2) is 70.3 Å². The van der Waals surface area contributed by atoms with Crippen LogP contribution in [0, 0.1) is 12.8 Å². The van der Waals surface area contributed by atoms with Crippen molar-refractivity contribution < 1.29 is 18.0 Å². The summed E-state index contributed by atoms with van der Waals surface area (Å²) >= 11 is 0.